The Hall–Kier alpha value is -2.51. The number of nitrogens with two attached hydrogens (primary N) is 1. The maximum absolute atomic E-state index is 14.0. The number of carbonyl (C=O) groups is 2. The molecule has 0 radical (unpaired) electrons. The Kier molecular flexibility index (Phi) is 9.73. The summed E-state index contributed by atoms with van der Waals surface area (Å²) in [4.78, 5) is 30.0. The lowest BCUT2D eigenvalue weighted by molar-refractivity contribution is -0.482. The Bertz CT molecular complexity index is 1420. The van der Waals surface area contributed by atoms with E-state index in [1.165, 1.54) is 29.2 Å². The van der Waals surface area contributed by atoms with Crippen molar-refractivity contribution in [1.82, 2.24) is 9.80 Å². The summed E-state index contributed by atoms with van der Waals surface area (Å²) in [5, 5.41) is 11.7. The van der Waals surface area contributed by atoms with E-state index in [9.17, 15) is 36.4 Å². The molecule has 0 spiro atoms. The van der Waals surface area contributed by atoms with E-state index in [0.717, 1.165) is 18.2 Å². The van der Waals surface area contributed by atoms with E-state index < -0.39 is 62.4 Å². The number of sulfone groups is 1. The van der Waals surface area contributed by atoms with Gasteiger partial charge in [0, 0.05) is 29.7 Å². The van der Waals surface area contributed by atoms with Gasteiger partial charge >= 0.3 is 12.1 Å². The summed E-state index contributed by atoms with van der Waals surface area (Å²) in [7, 11) is -1.82. The molecular formula is C29H35ClF3N3O5S. The van der Waals surface area contributed by atoms with Crippen LogP contribution >= 0.6 is 11.6 Å². The van der Waals surface area contributed by atoms with Crippen LogP contribution in [0.3, 0.4) is 0 Å². The molecule has 1 saturated carbocycles. The number of amides is 2. The van der Waals surface area contributed by atoms with Crippen LogP contribution in [0.1, 0.15) is 66.9 Å². The number of halogens is 4. The van der Waals surface area contributed by atoms with Gasteiger partial charge in [-0.3, -0.25) is 4.79 Å². The van der Waals surface area contributed by atoms with Gasteiger partial charge in [-0.15, -0.1) is 0 Å². The number of alkyl halides is 3. The molecule has 2 aromatic rings. The first-order valence-corrected chi connectivity index (χ1v) is 15.9. The van der Waals surface area contributed by atoms with Gasteiger partial charge in [0.05, 0.1) is 27.7 Å². The Morgan fingerprint density at radius 3 is 2.40 bits per heavy atom. The number of primary amides is 1. The van der Waals surface area contributed by atoms with Crippen LogP contribution in [-0.4, -0.2) is 67.5 Å². The van der Waals surface area contributed by atoms with Gasteiger partial charge in [-0.1, -0.05) is 17.7 Å². The summed E-state index contributed by atoms with van der Waals surface area (Å²) in [6.45, 7) is 4.18. The van der Waals surface area contributed by atoms with Crippen LogP contribution in [0.25, 0.3) is 0 Å². The molecule has 4 rings (SSSR count). The van der Waals surface area contributed by atoms with Crippen molar-refractivity contribution in [3.05, 3.63) is 69.4 Å². The smallest absolute Gasteiger partial charge is 0.416 e. The zero-order valence-electron chi connectivity index (χ0n) is 23.6. The van der Waals surface area contributed by atoms with Crippen LogP contribution < -0.4 is 5.48 Å². The first-order chi connectivity index (χ1) is 19.7. The fraction of sp³-hybridized carbons (Fsp3) is 0.517. The van der Waals surface area contributed by atoms with E-state index in [4.69, 9.17) is 11.6 Å². The third-order valence-corrected chi connectivity index (χ3v) is 10.8. The largest absolute Gasteiger partial charge is 0.628 e. The molecule has 13 heteroatoms. The highest BCUT2D eigenvalue weighted by Crippen LogP contribution is 2.43. The van der Waals surface area contributed by atoms with E-state index >= 15 is 0 Å². The Balaban J connectivity index is 1.69. The molecule has 0 bridgehead atoms. The molecule has 1 aliphatic carbocycles. The van der Waals surface area contributed by atoms with Crippen molar-refractivity contribution in [2.75, 3.05) is 19.3 Å². The van der Waals surface area contributed by atoms with Crippen molar-refractivity contribution in [3.63, 3.8) is 0 Å². The number of hydrogen-bond acceptors (Lipinski definition) is 6. The monoisotopic (exact) mass is 629 g/mol. The molecule has 2 aromatic carbocycles. The third kappa shape index (κ3) is 6.67. The fourth-order valence-corrected chi connectivity index (χ4v) is 8.18. The van der Waals surface area contributed by atoms with Gasteiger partial charge in [0.25, 0.3) is 0 Å². The molecular weight excluding hydrogens is 595 g/mol. The highest BCUT2D eigenvalue weighted by atomic mass is 35.5. The van der Waals surface area contributed by atoms with Crippen LogP contribution in [0.15, 0.2) is 47.4 Å². The van der Waals surface area contributed by atoms with Crippen molar-refractivity contribution < 1.29 is 36.7 Å². The van der Waals surface area contributed by atoms with E-state index in [-0.39, 0.29) is 41.2 Å². The SMILES string of the molecule is CC(C)N(C)[C@@H]1CC[C@H](N2CC[C@@H](c3c(C(=O)[NH2+][O-])cccc3C(F)(F)F)C2=O)[C@H](CS(=O)(=O)c2ccc(Cl)cc2)C1. The molecule has 2 amide bonds. The van der Waals surface area contributed by atoms with Crippen LogP contribution in [0.2, 0.25) is 5.02 Å². The van der Waals surface area contributed by atoms with Gasteiger partial charge < -0.3 is 20.5 Å². The standard InChI is InChI=1S/C29H35ClF3N3O5S/c1-17(2)35(3)20-9-12-25(18(15-20)16-42(40,41)21-10-7-19(30)8-11-21)36-14-13-23(28(36)38)26-22(27(37)34-39)5-4-6-24(26)29(31,32)33/h4-8,10-11,17-18,20,23,25H,9,12-16,34H2,1-3H3/t18-,20+,23-,25-/m0/s1. The molecule has 42 heavy (non-hydrogen) atoms. The van der Waals surface area contributed by atoms with Gasteiger partial charge in [0.2, 0.25) is 5.91 Å². The van der Waals surface area contributed by atoms with Crippen molar-refractivity contribution in [2.24, 2.45) is 5.92 Å². The molecule has 8 nitrogen and oxygen atoms in total. The fourth-order valence-electron chi connectivity index (χ4n) is 6.39. The number of carbonyl (C=O) groups excluding carboxylic acids is 2. The van der Waals surface area contributed by atoms with E-state index in [1.54, 1.807) is 0 Å². The quantitative estimate of drug-likeness (QED) is 0.437. The number of benzene rings is 2. The second kappa shape index (κ2) is 12.6. The van der Waals surface area contributed by atoms with Crippen molar-refractivity contribution in [3.8, 4) is 0 Å². The molecule has 1 saturated heterocycles. The van der Waals surface area contributed by atoms with Gasteiger partial charge in [-0.05, 0) is 94.5 Å². The topological polar surface area (TPSA) is 114 Å². The van der Waals surface area contributed by atoms with Gasteiger partial charge in [-0.2, -0.15) is 13.2 Å². The summed E-state index contributed by atoms with van der Waals surface area (Å²) in [5.41, 5.74) is -2.11. The minimum absolute atomic E-state index is 0.00748. The molecule has 1 aliphatic heterocycles. The summed E-state index contributed by atoms with van der Waals surface area (Å²) >= 11 is 5.95. The predicted octanol–water partition coefficient (Wildman–Crippen LogP) is 4.23. The zero-order chi connectivity index (χ0) is 31.0. The molecule has 230 valence electrons. The second-order valence-corrected chi connectivity index (χ2v) is 13.9. The number of hydroxylamine groups is 1. The average molecular weight is 630 g/mol. The number of rotatable bonds is 8. The third-order valence-electron chi connectivity index (χ3n) is 8.68. The molecule has 2 N–H and O–H groups in total. The predicted molar refractivity (Wildman–Crippen MR) is 151 cm³/mol. The van der Waals surface area contributed by atoms with E-state index in [1.807, 2.05) is 20.9 Å². The average Bonchev–Trinajstić information content (AvgIpc) is 3.31. The first-order valence-electron chi connectivity index (χ1n) is 13.9. The summed E-state index contributed by atoms with van der Waals surface area (Å²) in [6, 6.07) is 8.57. The summed E-state index contributed by atoms with van der Waals surface area (Å²) in [6.07, 6.45) is -3.21. The maximum atomic E-state index is 14.0. The maximum Gasteiger partial charge on any atom is 0.416 e. The molecule has 0 aromatic heterocycles. The number of nitrogens with zero attached hydrogens (tertiary/aromatic N) is 2. The molecule has 0 unspecified atom stereocenters. The number of hydrogen-bond donors (Lipinski definition) is 1. The Morgan fingerprint density at radius 2 is 1.81 bits per heavy atom. The minimum Gasteiger partial charge on any atom is -0.628 e. The lowest BCUT2D eigenvalue weighted by Gasteiger charge is -2.44. The second-order valence-electron chi connectivity index (χ2n) is 11.4. The van der Waals surface area contributed by atoms with Gasteiger partial charge in [0.1, 0.15) is 0 Å². The minimum atomic E-state index is -4.85. The molecule has 4 atom stereocenters. The first kappa shape index (κ1) is 32.4. The van der Waals surface area contributed by atoms with E-state index in [0.29, 0.717) is 24.3 Å². The number of likely N-dealkylation sites (tertiary alicyclic amines) is 1. The van der Waals surface area contributed by atoms with Crippen LogP contribution in [0, 0.1) is 11.1 Å². The van der Waals surface area contributed by atoms with Crippen LogP contribution in [0.5, 0.6) is 0 Å². The highest BCUT2D eigenvalue weighted by molar-refractivity contribution is 7.91. The van der Waals surface area contributed by atoms with Crippen molar-refractivity contribution in [2.45, 2.75) is 74.6 Å². The van der Waals surface area contributed by atoms with Crippen molar-refractivity contribution in [1.29, 1.82) is 0 Å². The highest BCUT2D eigenvalue weighted by Gasteiger charge is 2.47. The normalized spacial score (nSPS) is 23.7. The lowest BCUT2D eigenvalue weighted by Crippen LogP contribution is -2.81. The summed E-state index contributed by atoms with van der Waals surface area (Å²) in [5.74, 6) is -3.74. The molecule has 1 heterocycles. The van der Waals surface area contributed by atoms with E-state index in [2.05, 4.69) is 4.90 Å². The molecule has 2 aliphatic rings. The van der Waals surface area contributed by atoms with Crippen molar-refractivity contribution >= 4 is 33.3 Å². The van der Waals surface area contributed by atoms with Gasteiger partial charge in [-0.25, -0.2) is 13.2 Å². The lowest BCUT2D eigenvalue weighted by atomic mass is 9.80. The Morgan fingerprint density at radius 1 is 1.14 bits per heavy atom. The van der Waals surface area contributed by atoms with Crippen LogP contribution in [0.4, 0.5) is 13.2 Å². The zero-order valence-corrected chi connectivity index (χ0v) is 25.2. The number of quaternary nitrogens is 1. The Labute approximate surface area is 248 Å². The van der Waals surface area contributed by atoms with Gasteiger partial charge in [0.15, 0.2) is 9.84 Å². The molecule has 2 fully saturated rings. The summed E-state index contributed by atoms with van der Waals surface area (Å²) < 4.78 is 69.1. The van der Waals surface area contributed by atoms with Crippen LogP contribution in [-0.2, 0) is 20.8 Å².